The molecule has 244 valence electrons. The first-order chi connectivity index (χ1) is 21.6. The number of para-hydroxylation sites is 1. The van der Waals surface area contributed by atoms with Gasteiger partial charge in [-0.05, 0) is 42.5 Å². The smallest absolute Gasteiger partial charge is 0.288 e. The number of hydrogen-bond donors (Lipinski definition) is 1. The Hall–Kier alpha value is -3.79. The molecule has 2 unspecified atom stereocenters. The van der Waals surface area contributed by atoms with E-state index in [0.29, 0.717) is 22.3 Å². The fourth-order valence-corrected chi connectivity index (χ4v) is 6.28. The second-order valence-corrected chi connectivity index (χ2v) is 12.1. The van der Waals surface area contributed by atoms with Crippen molar-refractivity contribution in [2.24, 2.45) is 0 Å². The Kier molecular flexibility index (Phi) is 11.7. The first-order valence-electron chi connectivity index (χ1n) is 14.2. The quantitative estimate of drug-likeness (QED) is 0.242. The molecule has 0 bridgehead atoms. The minimum atomic E-state index is -3.98. The summed E-state index contributed by atoms with van der Waals surface area (Å²) in [4.78, 5) is 28.2. The molecule has 0 saturated heterocycles. The van der Waals surface area contributed by atoms with E-state index in [2.05, 4.69) is 0 Å². The zero-order chi connectivity index (χ0) is 32.6. The fraction of sp³-hybridized carbons (Fsp3) is 0.419. The molecule has 0 spiro atoms. The van der Waals surface area contributed by atoms with Crippen molar-refractivity contribution in [1.29, 1.82) is 0 Å². The number of amides is 1. The molecular formula is C31H38N2O11S. The lowest BCUT2D eigenvalue weighted by molar-refractivity contribution is -0.158. The van der Waals surface area contributed by atoms with Crippen molar-refractivity contribution in [3.63, 3.8) is 0 Å². The molecule has 2 atom stereocenters. The topological polar surface area (TPSA) is 154 Å². The predicted octanol–water partition coefficient (Wildman–Crippen LogP) is 2.29. The molecule has 0 fully saturated rings. The molecule has 1 N–H and O–H groups in total. The fourth-order valence-electron chi connectivity index (χ4n) is 4.86. The van der Waals surface area contributed by atoms with Crippen LogP contribution < -0.4 is 10.2 Å². The maximum atomic E-state index is 13.4. The number of fused-ring (bicyclic) bond motifs is 1. The number of benzene rings is 2. The molecule has 3 aromatic rings. The van der Waals surface area contributed by atoms with E-state index < -0.39 is 41.0 Å². The Morgan fingerprint density at radius 3 is 2.44 bits per heavy atom. The second-order valence-electron chi connectivity index (χ2n) is 10.2. The summed E-state index contributed by atoms with van der Waals surface area (Å²) < 4.78 is 60.9. The van der Waals surface area contributed by atoms with Crippen molar-refractivity contribution >= 4 is 26.9 Å². The van der Waals surface area contributed by atoms with Gasteiger partial charge in [0.2, 0.25) is 16.3 Å². The van der Waals surface area contributed by atoms with E-state index in [1.165, 1.54) is 56.8 Å². The molecule has 2 aromatic carbocycles. The van der Waals surface area contributed by atoms with Crippen molar-refractivity contribution < 1.29 is 46.4 Å². The van der Waals surface area contributed by atoms with Gasteiger partial charge in [0, 0.05) is 52.3 Å². The summed E-state index contributed by atoms with van der Waals surface area (Å²) in [5, 5.41) is 9.98. The lowest BCUT2D eigenvalue weighted by Gasteiger charge is -2.31. The van der Waals surface area contributed by atoms with Crippen molar-refractivity contribution in [2.45, 2.75) is 29.8 Å². The summed E-state index contributed by atoms with van der Waals surface area (Å²) in [6, 6.07) is 12.7. The van der Waals surface area contributed by atoms with Gasteiger partial charge in [-0.1, -0.05) is 12.1 Å². The standard InChI is InChI=1S/C31H38N2O11S/c1-32(19-29(40-3)41-4)31(36)27-17-21(25-20-43-26-8-6-5-7-24(26)30(25)35)18-28(44-27)42-16-14-33(13-15-34)45(37,38)23-11-9-22(39-2)10-12-23/h5-12,17,20-21,28-29,34H,13-16,18-19H2,1-4H3. The number of likely N-dealkylation sites (N-methyl/N-ethyl adjacent to an activating group) is 1. The molecule has 0 radical (unpaired) electrons. The minimum Gasteiger partial charge on any atom is -0.497 e. The molecular weight excluding hydrogens is 608 g/mol. The van der Waals surface area contributed by atoms with Crippen molar-refractivity contribution in [3.8, 4) is 5.75 Å². The number of aliphatic hydroxyl groups excluding tert-OH is 1. The molecule has 0 aliphatic carbocycles. The maximum Gasteiger partial charge on any atom is 0.288 e. The van der Waals surface area contributed by atoms with Gasteiger partial charge in [-0.15, -0.1) is 0 Å². The van der Waals surface area contributed by atoms with Crippen LogP contribution in [0.3, 0.4) is 0 Å². The third kappa shape index (κ3) is 8.09. The van der Waals surface area contributed by atoms with E-state index in [-0.39, 0.29) is 48.7 Å². The number of carbonyl (C=O) groups is 1. The highest BCUT2D eigenvalue weighted by atomic mass is 32.2. The molecule has 45 heavy (non-hydrogen) atoms. The van der Waals surface area contributed by atoms with Gasteiger partial charge in [0.1, 0.15) is 11.3 Å². The Morgan fingerprint density at radius 1 is 1.07 bits per heavy atom. The lowest BCUT2D eigenvalue weighted by Crippen LogP contribution is -2.40. The van der Waals surface area contributed by atoms with Crippen molar-refractivity contribution in [2.75, 3.05) is 61.2 Å². The summed E-state index contributed by atoms with van der Waals surface area (Å²) in [7, 11) is 1.97. The Morgan fingerprint density at radius 2 is 1.78 bits per heavy atom. The molecule has 4 rings (SSSR count). The summed E-state index contributed by atoms with van der Waals surface area (Å²) >= 11 is 0. The van der Waals surface area contributed by atoms with E-state index in [4.69, 9.17) is 28.1 Å². The first kappa shape index (κ1) is 34.1. The van der Waals surface area contributed by atoms with Crippen LogP contribution in [-0.4, -0.2) is 102 Å². The first-order valence-corrected chi connectivity index (χ1v) is 15.6. The number of rotatable bonds is 15. The molecule has 13 nitrogen and oxygen atoms in total. The van der Waals surface area contributed by atoms with Crippen LogP contribution >= 0.6 is 0 Å². The molecule has 2 heterocycles. The number of nitrogens with zero attached hydrogens (tertiary/aromatic N) is 2. The van der Waals surface area contributed by atoms with Crippen LogP contribution in [0.25, 0.3) is 11.0 Å². The monoisotopic (exact) mass is 646 g/mol. The van der Waals surface area contributed by atoms with E-state index in [1.807, 2.05) is 0 Å². The van der Waals surface area contributed by atoms with Crippen LogP contribution in [-0.2, 0) is 33.8 Å². The van der Waals surface area contributed by atoms with Crippen LogP contribution in [0.2, 0.25) is 0 Å². The van der Waals surface area contributed by atoms with E-state index in [0.717, 1.165) is 4.31 Å². The molecule has 1 aliphatic heterocycles. The SMILES string of the molecule is COc1ccc(S(=O)(=O)N(CCO)CCOC2CC(c3coc4ccccc4c3=O)C=C(C(=O)N(C)CC(OC)OC)O2)cc1. The molecule has 1 aromatic heterocycles. The van der Waals surface area contributed by atoms with Gasteiger partial charge in [0.25, 0.3) is 5.91 Å². The van der Waals surface area contributed by atoms with Gasteiger partial charge in [0.15, 0.2) is 17.5 Å². The number of methoxy groups -OCH3 is 3. The zero-order valence-electron chi connectivity index (χ0n) is 25.6. The van der Waals surface area contributed by atoms with Gasteiger partial charge in [-0.3, -0.25) is 9.59 Å². The van der Waals surface area contributed by atoms with Crippen molar-refractivity contribution in [3.05, 3.63) is 82.4 Å². The summed E-state index contributed by atoms with van der Waals surface area (Å²) in [6.45, 7) is -0.731. The highest BCUT2D eigenvalue weighted by Gasteiger charge is 2.33. The third-order valence-electron chi connectivity index (χ3n) is 7.36. The van der Waals surface area contributed by atoms with Crippen molar-refractivity contribution in [1.82, 2.24) is 9.21 Å². The Labute approximate surface area is 261 Å². The molecule has 1 aliphatic rings. The van der Waals surface area contributed by atoms with Gasteiger partial charge in [-0.2, -0.15) is 4.31 Å². The van der Waals surface area contributed by atoms with E-state index >= 15 is 0 Å². The van der Waals surface area contributed by atoms with Crippen LogP contribution in [0.5, 0.6) is 5.75 Å². The number of carbonyl (C=O) groups excluding carboxylic acids is 1. The highest BCUT2D eigenvalue weighted by molar-refractivity contribution is 7.89. The van der Waals surface area contributed by atoms with Gasteiger partial charge in [-0.25, -0.2) is 8.42 Å². The van der Waals surface area contributed by atoms with Gasteiger partial charge in [0.05, 0.1) is 43.4 Å². The van der Waals surface area contributed by atoms with E-state index in [9.17, 15) is 23.1 Å². The van der Waals surface area contributed by atoms with Crippen LogP contribution in [0, 0.1) is 0 Å². The van der Waals surface area contributed by atoms with Gasteiger partial charge < -0.3 is 38.1 Å². The maximum absolute atomic E-state index is 13.4. The Bertz CT molecular complexity index is 1640. The summed E-state index contributed by atoms with van der Waals surface area (Å²) in [6.07, 6.45) is 1.38. The number of aliphatic hydroxyl groups is 1. The number of sulfonamides is 1. The largest absolute Gasteiger partial charge is 0.497 e. The van der Waals surface area contributed by atoms with E-state index in [1.54, 1.807) is 37.4 Å². The Balaban J connectivity index is 1.56. The predicted molar refractivity (Wildman–Crippen MR) is 163 cm³/mol. The van der Waals surface area contributed by atoms with Gasteiger partial charge >= 0.3 is 0 Å². The number of allylic oxidation sites excluding steroid dienone is 1. The average Bonchev–Trinajstić information content (AvgIpc) is 3.06. The highest BCUT2D eigenvalue weighted by Crippen LogP contribution is 2.32. The number of hydrogen-bond acceptors (Lipinski definition) is 11. The summed E-state index contributed by atoms with van der Waals surface area (Å²) in [5.41, 5.74) is 0.491. The second kappa shape index (κ2) is 15.5. The average molecular weight is 647 g/mol. The van der Waals surface area contributed by atoms with Crippen LogP contribution in [0.1, 0.15) is 17.9 Å². The number of ether oxygens (including phenoxy) is 5. The third-order valence-corrected chi connectivity index (χ3v) is 9.27. The lowest BCUT2D eigenvalue weighted by atomic mass is 9.93. The zero-order valence-corrected chi connectivity index (χ0v) is 26.4. The molecule has 0 saturated carbocycles. The molecule has 14 heteroatoms. The summed E-state index contributed by atoms with van der Waals surface area (Å²) in [5.74, 6) is -0.675. The van der Waals surface area contributed by atoms with Crippen LogP contribution in [0.15, 0.2) is 80.7 Å². The normalized spacial score (nSPS) is 16.9. The minimum absolute atomic E-state index is 0.0260. The van der Waals surface area contributed by atoms with Crippen LogP contribution in [0.4, 0.5) is 0 Å². The molecule has 1 amide bonds.